The second-order valence-corrected chi connectivity index (χ2v) is 5.22. The van der Waals surface area contributed by atoms with Gasteiger partial charge in [0, 0.05) is 25.2 Å². The van der Waals surface area contributed by atoms with Crippen LogP contribution in [0, 0.1) is 20.8 Å². The summed E-state index contributed by atoms with van der Waals surface area (Å²) in [6.07, 6.45) is 5.07. The summed E-state index contributed by atoms with van der Waals surface area (Å²) in [4.78, 5) is 12.4. The number of rotatable bonds is 4. The van der Waals surface area contributed by atoms with E-state index in [2.05, 4.69) is 24.2 Å². The number of aryl methyl sites for hydroxylation is 5. The van der Waals surface area contributed by atoms with Gasteiger partial charge < -0.3 is 0 Å². The van der Waals surface area contributed by atoms with Gasteiger partial charge in [0.2, 0.25) is 0 Å². The Kier molecular flexibility index (Phi) is 3.84. The third-order valence-corrected chi connectivity index (χ3v) is 3.35. The van der Waals surface area contributed by atoms with Crippen molar-refractivity contribution in [2.24, 2.45) is 7.05 Å². The third kappa shape index (κ3) is 3.11. The van der Waals surface area contributed by atoms with Gasteiger partial charge in [-0.3, -0.25) is 9.48 Å². The van der Waals surface area contributed by atoms with Gasteiger partial charge >= 0.3 is 0 Å². The highest BCUT2D eigenvalue weighted by molar-refractivity contribution is 5.99. The summed E-state index contributed by atoms with van der Waals surface area (Å²) in [5.41, 5.74) is 5.36. The fraction of sp³-hybridized carbons (Fsp3) is 0.375. The first-order chi connectivity index (χ1) is 8.97. The Balaban J connectivity index is 2.12. The minimum absolute atomic E-state index is 0.221. The van der Waals surface area contributed by atoms with Crippen molar-refractivity contribution in [1.82, 2.24) is 9.78 Å². The molecular formula is C16H20N2O. The number of nitrogens with zero attached hydrogens (tertiary/aromatic N) is 2. The molecule has 1 aromatic carbocycles. The molecule has 2 aromatic rings. The van der Waals surface area contributed by atoms with Gasteiger partial charge in [0.05, 0.1) is 6.20 Å². The van der Waals surface area contributed by atoms with Gasteiger partial charge in [-0.25, -0.2) is 0 Å². The van der Waals surface area contributed by atoms with Crippen molar-refractivity contribution >= 4 is 5.78 Å². The van der Waals surface area contributed by atoms with Crippen LogP contribution < -0.4 is 0 Å². The molecule has 0 amide bonds. The van der Waals surface area contributed by atoms with E-state index in [1.807, 2.05) is 33.3 Å². The van der Waals surface area contributed by atoms with Gasteiger partial charge in [0.25, 0.3) is 0 Å². The van der Waals surface area contributed by atoms with Crippen LogP contribution in [0.25, 0.3) is 0 Å². The molecule has 0 spiro atoms. The fourth-order valence-electron chi connectivity index (χ4n) is 2.60. The molecular weight excluding hydrogens is 236 g/mol. The molecule has 0 saturated heterocycles. The molecule has 100 valence electrons. The van der Waals surface area contributed by atoms with E-state index >= 15 is 0 Å². The molecule has 19 heavy (non-hydrogen) atoms. The number of carbonyl (C=O) groups excluding carboxylic acids is 1. The highest BCUT2D eigenvalue weighted by atomic mass is 16.1. The Bertz CT molecular complexity index is 588. The summed E-state index contributed by atoms with van der Waals surface area (Å²) in [5, 5.41) is 4.12. The summed E-state index contributed by atoms with van der Waals surface area (Å²) >= 11 is 0. The zero-order valence-corrected chi connectivity index (χ0v) is 12.0. The monoisotopic (exact) mass is 256 g/mol. The number of Topliss-reactive ketones (excluding diaryl/α,β-unsaturated/α-hetero) is 1. The molecule has 2 rings (SSSR count). The van der Waals surface area contributed by atoms with E-state index in [1.165, 1.54) is 5.56 Å². The number of carbonyl (C=O) groups is 1. The van der Waals surface area contributed by atoms with Crippen LogP contribution in [-0.2, 0) is 13.5 Å². The first kappa shape index (κ1) is 13.5. The van der Waals surface area contributed by atoms with E-state index in [-0.39, 0.29) is 5.78 Å². The predicted octanol–water partition coefficient (Wildman–Crippen LogP) is 3.16. The summed E-state index contributed by atoms with van der Waals surface area (Å²) in [6, 6.07) is 4.15. The Morgan fingerprint density at radius 1 is 1.21 bits per heavy atom. The Hall–Kier alpha value is -1.90. The van der Waals surface area contributed by atoms with Crippen LogP contribution in [0.15, 0.2) is 24.5 Å². The van der Waals surface area contributed by atoms with Gasteiger partial charge in [0.1, 0.15) is 0 Å². The van der Waals surface area contributed by atoms with Crippen LogP contribution in [0.2, 0.25) is 0 Å². The van der Waals surface area contributed by atoms with Crippen LogP contribution >= 0.6 is 0 Å². The maximum absolute atomic E-state index is 12.4. The molecule has 0 unspecified atom stereocenters. The highest BCUT2D eigenvalue weighted by Gasteiger charge is 2.13. The van der Waals surface area contributed by atoms with Crippen LogP contribution in [-0.4, -0.2) is 15.6 Å². The molecule has 3 heteroatoms. The molecule has 0 radical (unpaired) electrons. The molecule has 1 heterocycles. The average molecular weight is 256 g/mol. The van der Waals surface area contributed by atoms with Crippen molar-refractivity contribution < 1.29 is 4.79 Å². The number of benzene rings is 1. The van der Waals surface area contributed by atoms with Crippen molar-refractivity contribution in [2.75, 3.05) is 0 Å². The zero-order chi connectivity index (χ0) is 14.0. The van der Waals surface area contributed by atoms with E-state index in [4.69, 9.17) is 0 Å². The summed E-state index contributed by atoms with van der Waals surface area (Å²) in [6.45, 7) is 6.08. The molecule has 0 saturated carbocycles. The Morgan fingerprint density at radius 2 is 1.84 bits per heavy atom. The molecule has 0 bridgehead atoms. The van der Waals surface area contributed by atoms with Crippen molar-refractivity contribution in [3.63, 3.8) is 0 Å². The van der Waals surface area contributed by atoms with Crippen molar-refractivity contribution in [1.29, 1.82) is 0 Å². The second kappa shape index (κ2) is 5.39. The van der Waals surface area contributed by atoms with E-state index < -0.39 is 0 Å². The maximum Gasteiger partial charge on any atom is 0.163 e. The Morgan fingerprint density at radius 3 is 2.37 bits per heavy atom. The summed E-state index contributed by atoms with van der Waals surface area (Å²) in [5.74, 6) is 0.221. The minimum Gasteiger partial charge on any atom is -0.294 e. The van der Waals surface area contributed by atoms with Crippen LogP contribution in [0.3, 0.4) is 0 Å². The van der Waals surface area contributed by atoms with Gasteiger partial charge in [-0.1, -0.05) is 17.7 Å². The standard InChI is InChI=1S/C16H20N2O/c1-11-7-12(2)16(13(3)8-11)15(19)6-5-14-9-17-18(4)10-14/h7-10H,5-6H2,1-4H3. The van der Waals surface area contributed by atoms with Crippen LogP contribution in [0.5, 0.6) is 0 Å². The summed E-state index contributed by atoms with van der Waals surface area (Å²) in [7, 11) is 1.89. The lowest BCUT2D eigenvalue weighted by Gasteiger charge is -2.10. The molecule has 0 aliphatic carbocycles. The molecule has 0 aliphatic rings. The SMILES string of the molecule is Cc1cc(C)c(C(=O)CCc2cnn(C)c2)c(C)c1. The largest absolute Gasteiger partial charge is 0.294 e. The molecule has 0 fully saturated rings. The first-order valence-electron chi connectivity index (χ1n) is 6.56. The Labute approximate surface area is 114 Å². The van der Waals surface area contributed by atoms with Crippen LogP contribution in [0.1, 0.15) is 39.0 Å². The van der Waals surface area contributed by atoms with Crippen molar-refractivity contribution in [2.45, 2.75) is 33.6 Å². The van der Waals surface area contributed by atoms with Gasteiger partial charge in [-0.15, -0.1) is 0 Å². The lowest BCUT2D eigenvalue weighted by Crippen LogP contribution is -2.06. The topological polar surface area (TPSA) is 34.9 Å². The zero-order valence-electron chi connectivity index (χ0n) is 12.0. The predicted molar refractivity (Wildman–Crippen MR) is 76.5 cm³/mol. The maximum atomic E-state index is 12.4. The van der Waals surface area contributed by atoms with Crippen LogP contribution in [0.4, 0.5) is 0 Å². The van der Waals surface area contributed by atoms with E-state index in [1.54, 1.807) is 4.68 Å². The molecule has 0 atom stereocenters. The van der Waals surface area contributed by atoms with Crippen molar-refractivity contribution in [3.8, 4) is 0 Å². The summed E-state index contributed by atoms with van der Waals surface area (Å²) < 4.78 is 1.77. The van der Waals surface area contributed by atoms with E-state index in [9.17, 15) is 4.79 Å². The number of hydrogen-bond donors (Lipinski definition) is 0. The molecule has 3 nitrogen and oxygen atoms in total. The smallest absolute Gasteiger partial charge is 0.163 e. The second-order valence-electron chi connectivity index (χ2n) is 5.22. The fourth-order valence-corrected chi connectivity index (χ4v) is 2.60. The number of aromatic nitrogens is 2. The molecule has 1 aromatic heterocycles. The lowest BCUT2D eigenvalue weighted by atomic mass is 9.94. The van der Waals surface area contributed by atoms with E-state index in [0.717, 1.165) is 28.7 Å². The van der Waals surface area contributed by atoms with Gasteiger partial charge in [-0.05, 0) is 43.9 Å². The molecule has 0 aliphatic heterocycles. The average Bonchev–Trinajstić information content (AvgIpc) is 2.71. The quantitative estimate of drug-likeness (QED) is 0.788. The third-order valence-electron chi connectivity index (χ3n) is 3.35. The van der Waals surface area contributed by atoms with E-state index in [0.29, 0.717) is 6.42 Å². The number of hydrogen-bond acceptors (Lipinski definition) is 2. The molecule has 0 N–H and O–H groups in total. The van der Waals surface area contributed by atoms with Gasteiger partial charge in [0.15, 0.2) is 5.78 Å². The lowest BCUT2D eigenvalue weighted by molar-refractivity contribution is 0.0981. The number of ketones is 1. The highest BCUT2D eigenvalue weighted by Crippen LogP contribution is 2.19. The van der Waals surface area contributed by atoms with Crippen molar-refractivity contribution in [3.05, 3.63) is 52.3 Å². The van der Waals surface area contributed by atoms with Gasteiger partial charge in [-0.2, -0.15) is 5.10 Å². The first-order valence-corrected chi connectivity index (χ1v) is 6.56. The normalized spacial score (nSPS) is 10.7. The minimum atomic E-state index is 0.221.